The first-order valence-corrected chi connectivity index (χ1v) is 5.17. The van der Waals surface area contributed by atoms with Gasteiger partial charge in [-0.3, -0.25) is 0 Å². The van der Waals surface area contributed by atoms with Gasteiger partial charge in [-0.1, -0.05) is 6.92 Å². The molecule has 1 aromatic heterocycles. The van der Waals surface area contributed by atoms with Gasteiger partial charge >= 0.3 is 0 Å². The molecule has 0 bridgehead atoms. The van der Waals surface area contributed by atoms with E-state index < -0.39 is 0 Å². The van der Waals surface area contributed by atoms with Crippen LogP contribution < -0.4 is 5.32 Å². The van der Waals surface area contributed by atoms with Crippen LogP contribution in [0.25, 0.3) is 0 Å². The van der Waals surface area contributed by atoms with E-state index in [9.17, 15) is 0 Å². The molecular formula is C10H19N3O. The van der Waals surface area contributed by atoms with Crippen LogP contribution in [0.2, 0.25) is 0 Å². The third-order valence-electron chi connectivity index (χ3n) is 2.31. The predicted molar refractivity (Wildman–Crippen MR) is 56.0 cm³/mol. The van der Waals surface area contributed by atoms with Crippen molar-refractivity contribution in [3.8, 4) is 0 Å². The first-order valence-electron chi connectivity index (χ1n) is 5.17. The van der Waals surface area contributed by atoms with E-state index >= 15 is 0 Å². The van der Waals surface area contributed by atoms with Gasteiger partial charge in [-0.05, 0) is 19.9 Å². The number of hydrogen-bond donors (Lipinski definition) is 2. The van der Waals surface area contributed by atoms with Gasteiger partial charge in [0.05, 0.1) is 18.1 Å². The molecule has 0 amide bonds. The lowest BCUT2D eigenvalue weighted by Crippen LogP contribution is -2.24. The Balaban J connectivity index is 2.75. The van der Waals surface area contributed by atoms with E-state index in [-0.39, 0.29) is 12.6 Å². The van der Waals surface area contributed by atoms with Crippen LogP contribution in [0.15, 0.2) is 12.5 Å². The quantitative estimate of drug-likeness (QED) is 0.713. The lowest BCUT2D eigenvalue weighted by Gasteiger charge is -2.17. The molecule has 1 unspecified atom stereocenters. The Labute approximate surface area is 85.0 Å². The Bertz CT molecular complexity index is 254. The SMILES string of the molecule is CCNC(CCO)c1cncn1CC. The van der Waals surface area contributed by atoms with Gasteiger partial charge in [-0.15, -0.1) is 0 Å². The Morgan fingerprint density at radius 1 is 1.57 bits per heavy atom. The topological polar surface area (TPSA) is 50.1 Å². The molecule has 1 atom stereocenters. The number of rotatable bonds is 6. The second kappa shape index (κ2) is 5.78. The molecule has 0 aromatic carbocycles. The van der Waals surface area contributed by atoms with E-state index in [2.05, 4.69) is 28.7 Å². The van der Waals surface area contributed by atoms with Crippen molar-refractivity contribution in [2.24, 2.45) is 0 Å². The van der Waals surface area contributed by atoms with E-state index in [1.165, 1.54) is 0 Å². The van der Waals surface area contributed by atoms with Gasteiger partial charge in [-0.2, -0.15) is 0 Å². The molecule has 0 radical (unpaired) electrons. The number of aryl methyl sites for hydroxylation is 1. The Kier molecular flexibility index (Phi) is 4.62. The molecule has 1 rings (SSSR count). The van der Waals surface area contributed by atoms with Crippen LogP contribution in [0.4, 0.5) is 0 Å². The fraction of sp³-hybridized carbons (Fsp3) is 0.700. The van der Waals surface area contributed by atoms with E-state index in [0.29, 0.717) is 0 Å². The molecule has 80 valence electrons. The number of aliphatic hydroxyl groups excluding tert-OH is 1. The lowest BCUT2D eigenvalue weighted by atomic mass is 10.1. The Morgan fingerprint density at radius 3 is 2.93 bits per heavy atom. The largest absolute Gasteiger partial charge is 0.396 e. The van der Waals surface area contributed by atoms with Crippen molar-refractivity contribution in [3.63, 3.8) is 0 Å². The predicted octanol–water partition coefficient (Wildman–Crippen LogP) is 0.936. The monoisotopic (exact) mass is 197 g/mol. The van der Waals surface area contributed by atoms with Gasteiger partial charge in [-0.25, -0.2) is 4.98 Å². The van der Waals surface area contributed by atoms with Crippen LogP contribution in [0, 0.1) is 0 Å². The van der Waals surface area contributed by atoms with E-state index in [0.717, 1.165) is 25.2 Å². The normalized spacial score (nSPS) is 13.1. The molecule has 0 aliphatic carbocycles. The van der Waals surface area contributed by atoms with Crippen molar-refractivity contribution in [2.45, 2.75) is 32.9 Å². The molecule has 1 aromatic rings. The summed E-state index contributed by atoms with van der Waals surface area (Å²) in [5.74, 6) is 0. The molecule has 0 saturated carbocycles. The van der Waals surface area contributed by atoms with Gasteiger partial charge in [0, 0.05) is 19.3 Å². The summed E-state index contributed by atoms with van der Waals surface area (Å²) in [7, 11) is 0. The van der Waals surface area contributed by atoms with Crippen LogP contribution in [-0.4, -0.2) is 27.8 Å². The first-order chi connectivity index (χ1) is 6.83. The summed E-state index contributed by atoms with van der Waals surface area (Å²) in [5.41, 5.74) is 1.16. The second-order valence-electron chi connectivity index (χ2n) is 3.23. The third kappa shape index (κ3) is 2.56. The highest BCUT2D eigenvalue weighted by atomic mass is 16.3. The Morgan fingerprint density at radius 2 is 2.36 bits per heavy atom. The fourth-order valence-corrected chi connectivity index (χ4v) is 1.62. The average Bonchev–Trinajstić information content (AvgIpc) is 2.65. The van der Waals surface area contributed by atoms with E-state index in [4.69, 9.17) is 5.11 Å². The lowest BCUT2D eigenvalue weighted by molar-refractivity contribution is 0.263. The zero-order valence-electron chi connectivity index (χ0n) is 8.90. The van der Waals surface area contributed by atoms with Crippen molar-refractivity contribution >= 4 is 0 Å². The van der Waals surface area contributed by atoms with Crippen molar-refractivity contribution in [1.29, 1.82) is 0 Å². The molecular weight excluding hydrogens is 178 g/mol. The summed E-state index contributed by atoms with van der Waals surface area (Å²) in [5, 5.41) is 12.3. The summed E-state index contributed by atoms with van der Waals surface area (Å²) >= 11 is 0. The maximum atomic E-state index is 8.96. The summed E-state index contributed by atoms with van der Waals surface area (Å²) in [6.07, 6.45) is 4.43. The van der Waals surface area contributed by atoms with Crippen LogP contribution >= 0.6 is 0 Å². The molecule has 0 saturated heterocycles. The maximum absolute atomic E-state index is 8.96. The number of aliphatic hydroxyl groups is 1. The average molecular weight is 197 g/mol. The minimum atomic E-state index is 0.201. The van der Waals surface area contributed by atoms with Crippen molar-refractivity contribution < 1.29 is 5.11 Å². The molecule has 1 heterocycles. The molecule has 4 nitrogen and oxygen atoms in total. The summed E-state index contributed by atoms with van der Waals surface area (Å²) in [4.78, 5) is 4.12. The van der Waals surface area contributed by atoms with Crippen LogP contribution in [0.5, 0.6) is 0 Å². The zero-order chi connectivity index (χ0) is 10.4. The summed E-state index contributed by atoms with van der Waals surface area (Å²) in [6.45, 7) is 6.18. The molecule has 0 aliphatic rings. The minimum absolute atomic E-state index is 0.201. The number of nitrogens with zero attached hydrogens (tertiary/aromatic N) is 2. The van der Waals surface area contributed by atoms with Crippen molar-refractivity contribution in [1.82, 2.24) is 14.9 Å². The summed E-state index contributed by atoms with van der Waals surface area (Å²) < 4.78 is 2.10. The second-order valence-corrected chi connectivity index (χ2v) is 3.23. The van der Waals surface area contributed by atoms with Gasteiger partial charge in [0.2, 0.25) is 0 Å². The van der Waals surface area contributed by atoms with E-state index in [1.54, 1.807) is 0 Å². The molecule has 4 heteroatoms. The highest BCUT2D eigenvalue weighted by Crippen LogP contribution is 2.15. The number of nitrogens with one attached hydrogen (secondary N) is 1. The zero-order valence-corrected chi connectivity index (χ0v) is 8.90. The molecule has 0 fully saturated rings. The molecule has 2 N–H and O–H groups in total. The minimum Gasteiger partial charge on any atom is -0.396 e. The number of aromatic nitrogens is 2. The van der Waals surface area contributed by atoms with Gasteiger partial charge < -0.3 is 15.0 Å². The maximum Gasteiger partial charge on any atom is 0.0948 e. The number of hydrogen-bond acceptors (Lipinski definition) is 3. The summed E-state index contributed by atoms with van der Waals surface area (Å²) in [6, 6.07) is 0.215. The van der Waals surface area contributed by atoms with Crippen molar-refractivity contribution in [3.05, 3.63) is 18.2 Å². The molecule has 14 heavy (non-hydrogen) atoms. The van der Waals surface area contributed by atoms with Crippen molar-refractivity contribution in [2.75, 3.05) is 13.2 Å². The highest BCUT2D eigenvalue weighted by Gasteiger charge is 2.13. The fourth-order valence-electron chi connectivity index (χ4n) is 1.62. The molecule has 0 aliphatic heterocycles. The van der Waals surface area contributed by atoms with E-state index in [1.807, 2.05) is 12.5 Å². The van der Waals surface area contributed by atoms with Crippen LogP contribution in [0.1, 0.15) is 32.0 Å². The molecule has 0 spiro atoms. The van der Waals surface area contributed by atoms with Gasteiger partial charge in [0.1, 0.15) is 0 Å². The van der Waals surface area contributed by atoms with Crippen LogP contribution in [0.3, 0.4) is 0 Å². The standard InChI is InChI=1S/C10H19N3O/c1-3-12-9(5-6-14)10-7-11-8-13(10)4-2/h7-9,12,14H,3-6H2,1-2H3. The van der Waals surface area contributed by atoms with Crippen LogP contribution in [-0.2, 0) is 6.54 Å². The smallest absolute Gasteiger partial charge is 0.0948 e. The number of imidazole rings is 1. The Hall–Kier alpha value is -0.870. The van der Waals surface area contributed by atoms with Gasteiger partial charge in [0.15, 0.2) is 0 Å². The first kappa shape index (κ1) is 11.2. The third-order valence-corrected chi connectivity index (χ3v) is 2.31. The highest BCUT2D eigenvalue weighted by molar-refractivity contribution is 5.05. The van der Waals surface area contributed by atoms with Gasteiger partial charge in [0.25, 0.3) is 0 Å².